The SMILES string of the molecule is CC1(C)CCCC1C(=O)NC1CCCCCC1Br. The molecule has 1 amide bonds. The Morgan fingerprint density at radius 1 is 1.11 bits per heavy atom. The van der Waals surface area contributed by atoms with Gasteiger partial charge in [0.2, 0.25) is 5.91 Å². The van der Waals surface area contributed by atoms with Crippen molar-refractivity contribution >= 4 is 21.8 Å². The summed E-state index contributed by atoms with van der Waals surface area (Å²) in [5, 5.41) is 3.32. The first-order valence-electron chi connectivity index (χ1n) is 7.45. The Morgan fingerprint density at radius 2 is 1.83 bits per heavy atom. The van der Waals surface area contributed by atoms with Crippen molar-refractivity contribution in [3.05, 3.63) is 0 Å². The maximum absolute atomic E-state index is 12.5. The molecule has 0 aromatic rings. The van der Waals surface area contributed by atoms with E-state index in [1.165, 1.54) is 38.5 Å². The molecule has 0 radical (unpaired) electrons. The first kappa shape index (κ1) is 14.4. The van der Waals surface area contributed by atoms with Crippen molar-refractivity contribution in [2.24, 2.45) is 11.3 Å². The molecule has 3 heteroatoms. The Bertz CT molecular complexity index is 303. The van der Waals surface area contributed by atoms with Crippen LogP contribution >= 0.6 is 15.9 Å². The highest BCUT2D eigenvalue weighted by Gasteiger charge is 2.40. The Kier molecular flexibility index (Phi) is 4.74. The van der Waals surface area contributed by atoms with E-state index in [-0.39, 0.29) is 11.3 Å². The number of hydrogen-bond acceptors (Lipinski definition) is 1. The van der Waals surface area contributed by atoms with Gasteiger partial charge in [0.25, 0.3) is 0 Å². The molecule has 3 atom stereocenters. The molecular weight excluding hydrogens is 290 g/mol. The van der Waals surface area contributed by atoms with E-state index in [0.717, 1.165) is 12.8 Å². The van der Waals surface area contributed by atoms with E-state index in [9.17, 15) is 4.79 Å². The Hall–Kier alpha value is -0.0500. The van der Waals surface area contributed by atoms with Crippen LogP contribution in [0.2, 0.25) is 0 Å². The van der Waals surface area contributed by atoms with E-state index in [2.05, 4.69) is 35.1 Å². The lowest BCUT2D eigenvalue weighted by atomic mass is 9.81. The van der Waals surface area contributed by atoms with Gasteiger partial charge in [-0.3, -0.25) is 4.79 Å². The zero-order valence-corrected chi connectivity index (χ0v) is 13.3. The number of carbonyl (C=O) groups excluding carboxylic acids is 1. The molecule has 0 bridgehead atoms. The van der Waals surface area contributed by atoms with Gasteiger partial charge in [0.15, 0.2) is 0 Å². The van der Waals surface area contributed by atoms with Crippen LogP contribution in [0.4, 0.5) is 0 Å². The summed E-state index contributed by atoms with van der Waals surface area (Å²) < 4.78 is 0. The summed E-state index contributed by atoms with van der Waals surface area (Å²) in [6, 6.07) is 0.344. The Labute approximate surface area is 119 Å². The molecule has 0 heterocycles. The summed E-state index contributed by atoms with van der Waals surface area (Å²) >= 11 is 3.76. The lowest BCUT2D eigenvalue weighted by Gasteiger charge is -2.29. The zero-order chi connectivity index (χ0) is 13.2. The number of alkyl halides is 1. The van der Waals surface area contributed by atoms with E-state index in [4.69, 9.17) is 0 Å². The Balaban J connectivity index is 1.93. The highest BCUT2D eigenvalue weighted by molar-refractivity contribution is 9.09. The van der Waals surface area contributed by atoms with Gasteiger partial charge >= 0.3 is 0 Å². The minimum Gasteiger partial charge on any atom is -0.352 e. The maximum atomic E-state index is 12.5. The molecular formula is C15H26BrNO. The van der Waals surface area contributed by atoms with Crippen molar-refractivity contribution in [1.29, 1.82) is 0 Å². The number of rotatable bonds is 2. The van der Waals surface area contributed by atoms with Gasteiger partial charge in [0.05, 0.1) is 0 Å². The largest absolute Gasteiger partial charge is 0.352 e. The second-order valence-electron chi connectivity index (χ2n) is 6.70. The van der Waals surface area contributed by atoms with E-state index < -0.39 is 0 Å². The summed E-state index contributed by atoms with van der Waals surface area (Å²) in [4.78, 5) is 12.9. The third-order valence-electron chi connectivity index (χ3n) is 4.83. The van der Waals surface area contributed by atoms with Crippen molar-refractivity contribution < 1.29 is 4.79 Å². The summed E-state index contributed by atoms with van der Waals surface area (Å²) in [7, 11) is 0. The molecule has 0 aliphatic heterocycles. The molecule has 2 fully saturated rings. The van der Waals surface area contributed by atoms with Crippen molar-refractivity contribution in [2.45, 2.75) is 76.1 Å². The molecule has 1 N–H and O–H groups in total. The standard InChI is InChI=1S/C15H26BrNO/c1-15(2)10-6-7-11(15)14(18)17-13-9-5-3-4-8-12(13)16/h11-13H,3-10H2,1-2H3,(H,17,18). The van der Waals surface area contributed by atoms with Gasteiger partial charge in [-0.25, -0.2) is 0 Å². The molecule has 2 rings (SSSR count). The minimum atomic E-state index is 0.191. The quantitative estimate of drug-likeness (QED) is 0.605. The Morgan fingerprint density at radius 3 is 2.50 bits per heavy atom. The smallest absolute Gasteiger partial charge is 0.223 e. The van der Waals surface area contributed by atoms with Gasteiger partial charge in [-0.15, -0.1) is 0 Å². The average molecular weight is 316 g/mol. The van der Waals surface area contributed by atoms with Crippen LogP contribution in [-0.4, -0.2) is 16.8 Å². The maximum Gasteiger partial charge on any atom is 0.223 e. The zero-order valence-electron chi connectivity index (χ0n) is 11.7. The third kappa shape index (κ3) is 3.28. The molecule has 104 valence electrons. The summed E-state index contributed by atoms with van der Waals surface area (Å²) in [5.74, 6) is 0.523. The fourth-order valence-corrected chi connectivity index (χ4v) is 4.24. The van der Waals surface area contributed by atoms with E-state index in [1.54, 1.807) is 0 Å². The van der Waals surface area contributed by atoms with Gasteiger partial charge < -0.3 is 5.32 Å². The number of carbonyl (C=O) groups is 1. The number of amides is 1. The molecule has 2 saturated carbocycles. The van der Waals surface area contributed by atoms with Crippen molar-refractivity contribution in [3.8, 4) is 0 Å². The van der Waals surface area contributed by atoms with Crippen LogP contribution < -0.4 is 5.32 Å². The van der Waals surface area contributed by atoms with Crippen LogP contribution in [0.3, 0.4) is 0 Å². The summed E-state index contributed by atoms with van der Waals surface area (Å²) in [5.41, 5.74) is 0.191. The van der Waals surface area contributed by atoms with Crippen molar-refractivity contribution in [2.75, 3.05) is 0 Å². The normalized spacial score (nSPS) is 36.1. The highest BCUT2D eigenvalue weighted by atomic mass is 79.9. The first-order valence-corrected chi connectivity index (χ1v) is 8.37. The predicted molar refractivity (Wildman–Crippen MR) is 78.9 cm³/mol. The van der Waals surface area contributed by atoms with E-state index in [0.29, 0.717) is 16.8 Å². The molecule has 0 aromatic heterocycles. The van der Waals surface area contributed by atoms with Crippen LogP contribution in [-0.2, 0) is 4.79 Å². The highest BCUT2D eigenvalue weighted by Crippen LogP contribution is 2.42. The third-order valence-corrected chi connectivity index (χ3v) is 5.93. The van der Waals surface area contributed by atoms with Crippen LogP contribution in [0, 0.1) is 11.3 Å². The molecule has 3 unspecified atom stereocenters. The van der Waals surface area contributed by atoms with Crippen LogP contribution in [0.15, 0.2) is 0 Å². The predicted octanol–water partition coefficient (Wildman–Crippen LogP) is 4.03. The van der Waals surface area contributed by atoms with Crippen LogP contribution in [0.25, 0.3) is 0 Å². The van der Waals surface area contributed by atoms with Crippen LogP contribution in [0.5, 0.6) is 0 Å². The first-order chi connectivity index (χ1) is 8.50. The summed E-state index contributed by atoms with van der Waals surface area (Å²) in [6.07, 6.45) is 9.63. The second-order valence-corrected chi connectivity index (χ2v) is 7.88. The molecule has 2 aliphatic carbocycles. The van der Waals surface area contributed by atoms with Crippen LogP contribution in [0.1, 0.15) is 65.2 Å². The molecule has 18 heavy (non-hydrogen) atoms. The number of nitrogens with one attached hydrogen (secondary N) is 1. The molecule has 0 aromatic carbocycles. The lowest BCUT2D eigenvalue weighted by molar-refractivity contribution is -0.128. The number of hydrogen-bond donors (Lipinski definition) is 1. The fraction of sp³-hybridized carbons (Fsp3) is 0.933. The molecule has 0 saturated heterocycles. The topological polar surface area (TPSA) is 29.1 Å². The second kappa shape index (κ2) is 5.94. The molecule has 2 aliphatic rings. The van der Waals surface area contributed by atoms with E-state index >= 15 is 0 Å². The number of halogens is 1. The van der Waals surface area contributed by atoms with Crippen molar-refractivity contribution in [1.82, 2.24) is 5.32 Å². The minimum absolute atomic E-state index is 0.191. The summed E-state index contributed by atoms with van der Waals surface area (Å²) in [6.45, 7) is 4.48. The average Bonchev–Trinajstić information content (AvgIpc) is 2.54. The van der Waals surface area contributed by atoms with Gasteiger partial charge in [0.1, 0.15) is 0 Å². The van der Waals surface area contributed by atoms with Gasteiger partial charge in [-0.05, 0) is 31.1 Å². The van der Waals surface area contributed by atoms with Gasteiger partial charge in [-0.2, -0.15) is 0 Å². The molecule has 2 nitrogen and oxygen atoms in total. The lowest BCUT2D eigenvalue weighted by Crippen LogP contribution is -2.45. The molecule has 0 spiro atoms. The van der Waals surface area contributed by atoms with E-state index in [1.807, 2.05) is 0 Å². The van der Waals surface area contributed by atoms with Gasteiger partial charge in [-0.1, -0.05) is 55.5 Å². The monoisotopic (exact) mass is 315 g/mol. The van der Waals surface area contributed by atoms with Gasteiger partial charge in [0, 0.05) is 16.8 Å². The fourth-order valence-electron chi connectivity index (χ4n) is 3.52. The van der Waals surface area contributed by atoms with Crippen molar-refractivity contribution in [3.63, 3.8) is 0 Å².